The molecular formula is C17H19NO5S2. The Morgan fingerprint density at radius 3 is 2.24 bits per heavy atom. The van der Waals surface area contributed by atoms with Crippen molar-refractivity contribution < 1.29 is 22.7 Å². The molecule has 0 N–H and O–H groups in total. The third kappa shape index (κ3) is 4.67. The van der Waals surface area contributed by atoms with E-state index in [1.165, 1.54) is 42.6 Å². The summed E-state index contributed by atoms with van der Waals surface area (Å²) in [7, 11) is -1.93. The molecule has 0 unspecified atom stereocenters. The fourth-order valence-corrected chi connectivity index (χ4v) is 3.59. The molecule has 2 rings (SSSR count). The van der Waals surface area contributed by atoms with Crippen LogP contribution in [0.2, 0.25) is 0 Å². The lowest BCUT2D eigenvalue weighted by Crippen LogP contribution is -2.24. The van der Waals surface area contributed by atoms with E-state index in [4.69, 9.17) is 4.74 Å². The Labute approximate surface area is 151 Å². The van der Waals surface area contributed by atoms with Crippen LogP contribution in [0.15, 0.2) is 30.3 Å². The summed E-state index contributed by atoms with van der Waals surface area (Å²) in [6.45, 7) is 3.36. The largest absolute Gasteiger partial charge is 0.454 e. The molecule has 8 heteroatoms. The van der Waals surface area contributed by atoms with Crippen molar-refractivity contribution in [1.29, 1.82) is 0 Å². The topological polar surface area (TPSA) is 80.8 Å². The van der Waals surface area contributed by atoms with Gasteiger partial charge in [-0.2, -0.15) is 0 Å². The molecule has 0 radical (unpaired) electrons. The maximum Gasteiger partial charge on any atom is 0.339 e. The van der Waals surface area contributed by atoms with Crippen LogP contribution in [0.25, 0.3) is 0 Å². The van der Waals surface area contributed by atoms with Gasteiger partial charge in [-0.3, -0.25) is 9.10 Å². The highest BCUT2D eigenvalue weighted by Gasteiger charge is 2.17. The van der Waals surface area contributed by atoms with Gasteiger partial charge in [-0.15, -0.1) is 11.3 Å². The summed E-state index contributed by atoms with van der Waals surface area (Å²) in [5.41, 5.74) is 1.26. The van der Waals surface area contributed by atoms with E-state index in [1.54, 1.807) is 6.07 Å². The number of carbonyl (C=O) groups is 2. The Bertz CT molecular complexity index is 898. The first-order chi connectivity index (χ1) is 11.6. The number of rotatable bonds is 6. The number of aryl methyl sites for hydroxylation is 2. The summed E-state index contributed by atoms with van der Waals surface area (Å²) in [4.78, 5) is 26.0. The van der Waals surface area contributed by atoms with Crippen LogP contribution in [0, 0.1) is 13.8 Å². The van der Waals surface area contributed by atoms with Crippen molar-refractivity contribution in [3.8, 4) is 0 Å². The third-order valence-corrected chi connectivity index (χ3v) is 5.82. The number of benzene rings is 1. The Kier molecular flexibility index (Phi) is 5.64. The number of ether oxygens (including phenoxy) is 1. The van der Waals surface area contributed by atoms with Crippen LogP contribution in [0.1, 0.15) is 30.5 Å². The maximum absolute atomic E-state index is 12.1. The van der Waals surface area contributed by atoms with Gasteiger partial charge < -0.3 is 4.74 Å². The monoisotopic (exact) mass is 381 g/mol. The summed E-state index contributed by atoms with van der Waals surface area (Å²) in [6, 6.07) is 7.81. The zero-order chi connectivity index (χ0) is 18.8. The summed E-state index contributed by atoms with van der Waals surface area (Å²) < 4.78 is 29.2. The smallest absolute Gasteiger partial charge is 0.339 e. The first kappa shape index (κ1) is 19.1. The minimum absolute atomic E-state index is 0.344. The molecule has 0 amide bonds. The highest BCUT2D eigenvalue weighted by Crippen LogP contribution is 2.21. The average Bonchev–Trinajstić information content (AvgIpc) is 2.89. The number of esters is 1. The van der Waals surface area contributed by atoms with Crippen LogP contribution in [0.3, 0.4) is 0 Å². The number of Topliss-reactive ketones (excluding diaryl/α,β-unsaturated/α-hetero) is 1. The minimum Gasteiger partial charge on any atom is -0.454 e. The number of nitrogens with zero attached hydrogens (tertiary/aromatic N) is 1. The fraction of sp³-hybridized carbons (Fsp3) is 0.294. The van der Waals surface area contributed by atoms with Gasteiger partial charge in [-0.25, -0.2) is 13.2 Å². The maximum atomic E-state index is 12.1. The molecular weight excluding hydrogens is 362 g/mol. The Hall–Kier alpha value is -2.19. The second-order valence-electron chi connectivity index (χ2n) is 5.60. The molecule has 0 aliphatic rings. The van der Waals surface area contributed by atoms with Crippen molar-refractivity contribution >= 4 is 38.8 Å². The molecule has 0 fully saturated rings. The van der Waals surface area contributed by atoms with Gasteiger partial charge in [0.2, 0.25) is 10.0 Å². The van der Waals surface area contributed by atoms with Crippen LogP contribution >= 0.6 is 11.3 Å². The Balaban J connectivity index is 2.02. The highest BCUT2D eigenvalue weighted by molar-refractivity contribution is 7.92. The molecule has 0 saturated heterocycles. The molecule has 6 nitrogen and oxygen atoms in total. The first-order valence-electron chi connectivity index (χ1n) is 7.41. The number of thiophene rings is 1. The van der Waals surface area contributed by atoms with E-state index >= 15 is 0 Å². The fourth-order valence-electron chi connectivity index (χ4n) is 2.17. The van der Waals surface area contributed by atoms with Crippen molar-refractivity contribution in [3.63, 3.8) is 0 Å². The molecule has 25 heavy (non-hydrogen) atoms. The van der Waals surface area contributed by atoms with Crippen LogP contribution in [0.4, 0.5) is 5.69 Å². The zero-order valence-corrected chi connectivity index (χ0v) is 16.0. The molecule has 0 aliphatic heterocycles. The molecule has 134 valence electrons. The lowest BCUT2D eigenvalue weighted by molar-refractivity contribution is 0.0474. The van der Waals surface area contributed by atoms with E-state index in [0.717, 1.165) is 20.3 Å². The summed E-state index contributed by atoms with van der Waals surface area (Å²) in [5, 5.41) is 0. The molecule has 0 spiro atoms. The lowest BCUT2D eigenvalue weighted by atomic mass is 10.1. The summed E-state index contributed by atoms with van der Waals surface area (Å²) >= 11 is 1.49. The van der Waals surface area contributed by atoms with E-state index in [-0.39, 0.29) is 12.4 Å². The number of carbonyl (C=O) groups excluding carboxylic acids is 2. The highest BCUT2D eigenvalue weighted by atomic mass is 32.2. The van der Waals surface area contributed by atoms with Gasteiger partial charge in [0, 0.05) is 22.4 Å². The van der Waals surface area contributed by atoms with Crippen molar-refractivity contribution in [2.75, 3.05) is 24.2 Å². The van der Waals surface area contributed by atoms with Gasteiger partial charge in [0.1, 0.15) is 0 Å². The van der Waals surface area contributed by atoms with E-state index in [9.17, 15) is 18.0 Å². The van der Waals surface area contributed by atoms with Crippen LogP contribution in [0.5, 0.6) is 0 Å². The zero-order valence-electron chi connectivity index (χ0n) is 14.4. The molecule has 1 aromatic heterocycles. The van der Waals surface area contributed by atoms with Gasteiger partial charge in [0.15, 0.2) is 12.4 Å². The van der Waals surface area contributed by atoms with Crippen molar-refractivity contribution in [3.05, 3.63) is 51.2 Å². The number of anilines is 1. The van der Waals surface area contributed by atoms with Crippen LogP contribution in [-0.2, 0) is 14.8 Å². The van der Waals surface area contributed by atoms with E-state index in [1.807, 2.05) is 13.8 Å². The molecule has 1 heterocycles. The number of ketones is 1. The van der Waals surface area contributed by atoms with Gasteiger partial charge in [-0.05, 0) is 44.2 Å². The van der Waals surface area contributed by atoms with Crippen LogP contribution < -0.4 is 4.31 Å². The predicted octanol–water partition coefficient (Wildman–Crippen LogP) is 2.80. The quantitative estimate of drug-likeness (QED) is 0.568. The molecule has 0 saturated carbocycles. The van der Waals surface area contributed by atoms with Crippen molar-refractivity contribution in [1.82, 2.24) is 0 Å². The van der Waals surface area contributed by atoms with Gasteiger partial charge in [-0.1, -0.05) is 0 Å². The van der Waals surface area contributed by atoms with Crippen molar-refractivity contribution in [2.45, 2.75) is 13.8 Å². The molecule has 2 aromatic rings. The van der Waals surface area contributed by atoms with E-state index < -0.39 is 16.0 Å². The molecule has 0 bridgehead atoms. The lowest BCUT2D eigenvalue weighted by Gasteiger charge is -2.16. The molecule has 0 atom stereocenters. The summed E-state index contributed by atoms with van der Waals surface area (Å²) in [5.74, 6) is -0.879. The molecule has 1 aromatic carbocycles. The van der Waals surface area contributed by atoms with Gasteiger partial charge in [0.25, 0.3) is 0 Å². The third-order valence-electron chi connectivity index (χ3n) is 3.65. The number of sulfonamides is 1. The number of hydrogen-bond acceptors (Lipinski definition) is 6. The second-order valence-corrected chi connectivity index (χ2v) is 9.08. The van der Waals surface area contributed by atoms with Gasteiger partial charge >= 0.3 is 5.97 Å². The standard InChI is InChI=1S/C17H19NO5S2/c1-11-9-15(12(2)24-11)17(20)23-10-16(19)13-5-7-14(8-6-13)18(3)25(4,21)22/h5-9H,10H2,1-4H3. The van der Waals surface area contributed by atoms with E-state index in [2.05, 4.69) is 0 Å². The average molecular weight is 381 g/mol. The first-order valence-corrected chi connectivity index (χ1v) is 10.1. The Morgan fingerprint density at radius 1 is 1.16 bits per heavy atom. The van der Waals surface area contributed by atoms with E-state index in [0.29, 0.717) is 16.8 Å². The number of hydrogen-bond donors (Lipinski definition) is 0. The van der Waals surface area contributed by atoms with Crippen LogP contribution in [-0.4, -0.2) is 40.1 Å². The van der Waals surface area contributed by atoms with Crippen molar-refractivity contribution in [2.24, 2.45) is 0 Å². The molecule has 0 aliphatic carbocycles. The Morgan fingerprint density at radius 2 is 1.76 bits per heavy atom. The predicted molar refractivity (Wildman–Crippen MR) is 98.1 cm³/mol. The SMILES string of the molecule is Cc1cc(C(=O)OCC(=O)c2ccc(N(C)S(C)(=O)=O)cc2)c(C)s1. The minimum atomic E-state index is -3.36. The normalized spacial score (nSPS) is 11.2. The second kappa shape index (κ2) is 7.37. The summed E-state index contributed by atoms with van der Waals surface area (Å²) in [6.07, 6.45) is 1.10. The van der Waals surface area contributed by atoms with Gasteiger partial charge in [0.05, 0.1) is 17.5 Å².